The third-order valence-electron chi connectivity index (χ3n) is 8.95. The van der Waals surface area contributed by atoms with Crippen molar-refractivity contribution in [3.63, 3.8) is 0 Å². The third kappa shape index (κ3) is 7.87. The summed E-state index contributed by atoms with van der Waals surface area (Å²) in [6, 6.07) is 19.4. The number of likely N-dealkylation sites (N-methyl/N-ethyl adjacent to an activating group) is 1. The molecule has 0 saturated carbocycles. The van der Waals surface area contributed by atoms with E-state index in [0.717, 1.165) is 41.8 Å². The summed E-state index contributed by atoms with van der Waals surface area (Å²) in [5.74, 6) is 1.66. The summed E-state index contributed by atoms with van der Waals surface area (Å²) in [4.78, 5) is 9.71. The quantitative estimate of drug-likeness (QED) is 0.241. The summed E-state index contributed by atoms with van der Waals surface area (Å²) < 4.78 is 11.3. The van der Waals surface area contributed by atoms with Crippen molar-refractivity contribution in [2.45, 2.75) is 44.1 Å². The topological polar surface area (TPSA) is 49.9 Å². The minimum absolute atomic E-state index is 0.0805. The Hall–Kier alpha value is -3.16. The largest absolute Gasteiger partial charge is 0.496 e. The smallest absolute Gasteiger partial charge is 0.130 e. The Morgan fingerprint density at radius 3 is 2.60 bits per heavy atom. The van der Waals surface area contributed by atoms with Crippen molar-refractivity contribution in [1.29, 1.82) is 0 Å². The summed E-state index contributed by atoms with van der Waals surface area (Å²) in [5.41, 5.74) is 6.48. The molecule has 0 radical (unpaired) electrons. The highest BCUT2D eigenvalue weighted by molar-refractivity contribution is 6.32. The molecule has 0 amide bonds. The first-order chi connectivity index (χ1) is 21.0. The standard InChI is InChI=1S/C36H45ClN4O2/c1-26(31(17-22-42-3)27-9-6-5-7-10-27)33-24-36(38-25-34(33)37)39-29-14-16-32(35(23-29)43-4)28-11-8-12-30(15-13-28)41-20-18-40(2)19-21-41/h5-7,9-11,14,16,23-25,30-31H,1,8,12-13,15,17-22H2,2-4H3,(H,38,39). The van der Waals surface area contributed by atoms with E-state index in [2.05, 4.69) is 82.3 Å². The van der Waals surface area contributed by atoms with Crippen LogP contribution >= 0.6 is 11.6 Å². The highest BCUT2D eigenvalue weighted by Gasteiger charge is 2.25. The van der Waals surface area contributed by atoms with E-state index in [1.165, 1.54) is 55.7 Å². The molecule has 43 heavy (non-hydrogen) atoms. The van der Waals surface area contributed by atoms with Gasteiger partial charge in [-0.1, -0.05) is 54.6 Å². The van der Waals surface area contributed by atoms with Gasteiger partial charge in [0.15, 0.2) is 0 Å². The molecule has 2 heterocycles. The first kappa shape index (κ1) is 31.3. The number of allylic oxidation sites excluding steroid dienone is 3. The zero-order chi connectivity index (χ0) is 30.2. The van der Waals surface area contributed by atoms with Crippen LogP contribution in [0.1, 0.15) is 54.7 Å². The van der Waals surface area contributed by atoms with E-state index in [0.29, 0.717) is 23.5 Å². The molecule has 0 bridgehead atoms. The van der Waals surface area contributed by atoms with E-state index in [1.54, 1.807) is 20.4 Å². The lowest BCUT2D eigenvalue weighted by Crippen LogP contribution is -2.48. The van der Waals surface area contributed by atoms with E-state index in [-0.39, 0.29) is 5.92 Å². The number of halogens is 1. The Labute approximate surface area is 262 Å². The number of anilines is 2. The second-order valence-electron chi connectivity index (χ2n) is 11.7. The van der Waals surface area contributed by atoms with Gasteiger partial charge in [0.1, 0.15) is 11.6 Å². The van der Waals surface area contributed by atoms with Gasteiger partial charge in [0, 0.05) is 80.9 Å². The number of aromatic nitrogens is 1. The van der Waals surface area contributed by atoms with Gasteiger partial charge in [-0.2, -0.15) is 0 Å². The predicted molar refractivity (Wildman–Crippen MR) is 180 cm³/mol. The van der Waals surface area contributed by atoms with Gasteiger partial charge in [-0.3, -0.25) is 4.90 Å². The Kier molecular flexibility index (Phi) is 10.9. The van der Waals surface area contributed by atoms with Crippen LogP contribution in [-0.2, 0) is 4.74 Å². The lowest BCUT2D eigenvalue weighted by molar-refractivity contribution is 0.104. The van der Waals surface area contributed by atoms with Crippen LogP contribution in [0.3, 0.4) is 0 Å². The van der Waals surface area contributed by atoms with Crippen molar-refractivity contribution in [2.24, 2.45) is 0 Å². The van der Waals surface area contributed by atoms with Gasteiger partial charge < -0.3 is 19.7 Å². The zero-order valence-electron chi connectivity index (χ0n) is 25.8. The third-order valence-corrected chi connectivity index (χ3v) is 9.25. The average molecular weight is 601 g/mol. The molecule has 3 aromatic rings. The van der Waals surface area contributed by atoms with E-state index in [4.69, 9.17) is 21.1 Å². The molecule has 0 spiro atoms. The molecule has 1 aromatic heterocycles. The normalized spacial score (nSPS) is 18.9. The lowest BCUT2D eigenvalue weighted by Gasteiger charge is -2.37. The molecule has 228 valence electrons. The molecular weight excluding hydrogens is 556 g/mol. The van der Waals surface area contributed by atoms with Crippen LogP contribution in [0.5, 0.6) is 5.75 Å². The summed E-state index contributed by atoms with van der Waals surface area (Å²) in [6.07, 6.45) is 9.51. The van der Waals surface area contributed by atoms with E-state index in [9.17, 15) is 0 Å². The molecule has 2 aromatic carbocycles. The van der Waals surface area contributed by atoms with Crippen LogP contribution in [0.15, 0.2) is 73.4 Å². The Bertz CT molecular complexity index is 1400. The zero-order valence-corrected chi connectivity index (χ0v) is 26.6. The SMILES string of the molecule is C=C(c1cc(Nc2ccc(C3=CCCC(N4CCN(C)CC4)CC3)c(OC)c2)ncc1Cl)C(CCOC)c1ccccc1. The van der Waals surface area contributed by atoms with Gasteiger partial charge in [0.2, 0.25) is 0 Å². The molecule has 1 aliphatic heterocycles. The molecular formula is C36H45ClN4O2. The monoisotopic (exact) mass is 600 g/mol. The Balaban J connectivity index is 1.30. The number of rotatable bonds is 11. The van der Waals surface area contributed by atoms with Crippen molar-refractivity contribution >= 4 is 34.3 Å². The van der Waals surface area contributed by atoms with Gasteiger partial charge in [0.05, 0.1) is 12.1 Å². The first-order valence-electron chi connectivity index (χ1n) is 15.4. The Morgan fingerprint density at radius 1 is 1.07 bits per heavy atom. The molecule has 1 aliphatic carbocycles. The minimum atomic E-state index is 0.0805. The van der Waals surface area contributed by atoms with Gasteiger partial charge in [-0.15, -0.1) is 0 Å². The predicted octanol–water partition coefficient (Wildman–Crippen LogP) is 7.89. The number of hydrogen-bond acceptors (Lipinski definition) is 6. The van der Waals surface area contributed by atoms with E-state index in [1.807, 2.05) is 12.1 Å². The summed E-state index contributed by atoms with van der Waals surface area (Å²) in [5, 5.41) is 4.05. The maximum atomic E-state index is 6.68. The average Bonchev–Trinajstić information content (AvgIpc) is 3.29. The van der Waals surface area contributed by atoms with Gasteiger partial charge >= 0.3 is 0 Å². The highest BCUT2D eigenvalue weighted by atomic mass is 35.5. The Morgan fingerprint density at radius 2 is 1.86 bits per heavy atom. The number of nitrogens with one attached hydrogen (secondary N) is 1. The van der Waals surface area contributed by atoms with Crippen molar-refractivity contribution in [1.82, 2.24) is 14.8 Å². The number of piperazine rings is 1. The second kappa shape index (κ2) is 15.0. The van der Waals surface area contributed by atoms with Crippen LogP contribution in [-0.4, -0.2) is 74.9 Å². The van der Waals surface area contributed by atoms with Crippen molar-refractivity contribution in [2.75, 3.05) is 59.4 Å². The van der Waals surface area contributed by atoms with Crippen molar-refractivity contribution in [3.8, 4) is 5.75 Å². The highest BCUT2D eigenvalue weighted by Crippen LogP contribution is 2.39. The lowest BCUT2D eigenvalue weighted by atomic mass is 9.86. The van der Waals surface area contributed by atoms with Gasteiger partial charge in [-0.25, -0.2) is 4.98 Å². The molecule has 7 heteroatoms. The second-order valence-corrected chi connectivity index (χ2v) is 12.1. The first-order valence-corrected chi connectivity index (χ1v) is 15.8. The van der Waals surface area contributed by atoms with Crippen LogP contribution in [0.4, 0.5) is 11.5 Å². The van der Waals surface area contributed by atoms with Crippen LogP contribution in [0.2, 0.25) is 5.02 Å². The molecule has 1 saturated heterocycles. The number of ether oxygens (including phenoxy) is 2. The van der Waals surface area contributed by atoms with Crippen LogP contribution < -0.4 is 10.1 Å². The molecule has 2 aliphatic rings. The van der Waals surface area contributed by atoms with Crippen LogP contribution in [0, 0.1) is 0 Å². The number of methoxy groups -OCH3 is 2. The maximum absolute atomic E-state index is 6.68. The van der Waals surface area contributed by atoms with Crippen LogP contribution in [0.25, 0.3) is 11.1 Å². The fraction of sp³-hybridized carbons (Fsp3) is 0.417. The van der Waals surface area contributed by atoms with Gasteiger partial charge in [0.25, 0.3) is 0 Å². The number of pyridine rings is 1. The number of hydrogen-bond donors (Lipinski definition) is 1. The van der Waals surface area contributed by atoms with Gasteiger partial charge in [-0.05, 0) is 74.1 Å². The summed E-state index contributed by atoms with van der Waals surface area (Å²) >= 11 is 6.68. The van der Waals surface area contributed by atoms with Crippen molar-refractivity contribution < 1.29 is 9.47 Å². The molecule has 2 unspecified atom stereocenters. The number of nitrogens with zero attached hydrogens (tertiary/aromatic N) is 3. The molecule has 5 rings (SSSR count). The molecule has 1 fully saturated rings. The van der Waals surface area contributed by atoms with E-state index >= 15 is 0 Å². The fourth-order valence-corrected chi connectivity index (χ4v) is 6.63. The maximum Gasteiger partial charge on any atom is 0.130 e. The number of benzene rings is 2. The van der Waals surface area contributed by atoms with Crippen molar-refractivity contribution in [3.05, 3.63) is 95.2 Å². The summed E-state index contributed by atoms with van der Waals surface area (Å²) in [6.45, 7) is 9.78. The molecule has 2 atom stereocenters. The summed E-state index contributed by atoms with van der Waals surface area (Å²) in [7, 11) is 5.70. The molecule has 1 N–H and O–H groups in total. The fourth-order valence-electron chi connectivity index (χ4n) is 6.40. The minimum Gasteiger partial charge on any atom is -0.496 e. The van der Waals surface area contributed by atoms with E-state index < -0.39 is 0 Å². The molecule has 6 nitrogen and oxygen atoms in total.